The van der Waals surface area contributed by atoms with Crippen molar-refractivity contribution in [2.45, 2.75) is 26.7 Å². The summed E-state index contributed by atoms with van der Waals surface area (Å²) >= 11 is 3.33. The number of ether oxygens (including phenoxy) is 2. The Morgan fingerprint density at radius 1 is 0.633 bits per heavy atom. The van der Waals surface area contributed by atoms with Gasteiger partial charge in [0.05, 0.1) is 34.6 Å². The van der Waals surface area contributed by atoms with Gasteiger partial charge in [0.1, 0.15) is 11.5 Å². The van der Waals surface area contributed by atoms with E-state index in [0.717, 1.165) is 56.9 Å². The van der Waals surface area contributed by atoms with Crippen LogP contribution in [0.1, 0.15) is 22.9 Å². The number of aromatic nitrogens is 2. The number of unbranched alkanes of at least 4 members (excludes halogenated alkanes) is 1. The van der Waals surface area contributed by atoms with Crippen LogP contribution in [0.4, 0.5) is 0 Å². The van der Waals surface area contributed by atoms with Gasteiger partial charge in [-0.25, -0.2) is 9.97 Å². The first kappa shape index (κ1) is 20.6. The van der Waals surface area contributed by atoms with E-state index in [4.69, 9.17) is 9.47 Å². The van der Waals surface area contributed by atoms with Crippen molar-refractivity contribution in [1.82, 2.24) is 9.97 Å². The van der Waals surface area contributed by atoms with Crippen LogP contribution in [0.2, 0.25) is 0 Å². The Morgan fingerprint density at radius 2 is 1.03 bits per heavy atom. The first-order valence-corrected chi connectivity index (χ1v) is 11.7. The van der Waals surface area contributed by atoms with Crippen molar-refractivity contribution >= 4 is 22.7 Å². The Hall–Kier alpha value is -2.70. The number of thiazole rings is 2. The first-order valence-electron chi connectivity index (χ1n) is 9.98. The van der Waals surface area contributed by atoms with Crippen LogP contribution in [-0.2, 0) is 0 Å². The van der Waals surface area contributed by atoms with Crippen LogP contribution in [0.5, 0.6) is 11.5 Å². The molecule has 154 valence electrons. The minimum atomic E-state index is 0.681. The lowest BCUT2D eigenvalue weighted by atomic mass is 10.2. The molecule has 0 aliphatic rings. The third-order valence-electron chi connectivity index (χ3n) is 4.61. The fourth-order valence-electron chi connectivity index (χ4n) is 3.02. The smallest absolute Gasteiger partial charge is 0.119 e. The van der Waals surface area contributed by atoms with Gasteiger partial charge in [0.2, 0.25) is 0 Å². The largest absolute Gasteiger partial charge is 0.494 e. The zero-order valence-corrected chi connectivity index (χ0v) is 18.8. The van der Waals surface area contributed by atoms with Gasteiger partial charge in [0, 0.05) is 21.9 Å². The van der Waals surface area contributed by atoms with Gasteiger partial charge in [0.15, 0.2) is 0 Å². The lowest BCUT2D eigenvalue weighted by Gasteiger charge is -2.08. The fourth-order valence-corrected chi connectivity index (χ4v) is 4.26. The van der Waals surface area contributed by atoms with E-state index in [9.17, 15) is 0 Å². The highest BCUT2D eigenvalue weighted by atomic mass is 32.1. The average Bonchev–Trinajstić information content (AvgIpc) is 3.40. The van der Waals surface area contributed by atoms with Crippen LogP contribution in [0.15, 0.2) is 59.3 Å². The molecule has 2 aromatic heterocycles. The van der Waals surface area contributed by atoms with Gasteiger partial charge in [-0.3, -0.25) is 0 Å². The first-order chi connectivity index (χ1) is 14.7. The van der Waals surface area contributed by atoms with Crippen LogP contribution >= 0.6 is 22.7 Å². The molecule has 0 unspecified atom stereocenters. The van der Waals surface area contributed by atoms with E-state index in [0.29, 0.717) is 13.2 Å². The Morgan fingerprint density at radius 3 is 1.37 bits per heavy atom. The molecule has 0 aliphatic heterocycles. The highest BCUT2D eigenvalue weighted by molar-refractivity contribution is 7.10. The summed E-state index contributed by atoms with van der Waals surface area (Å²) in [7, 11) is 0. The van der Waals surface area contributed by atoms with E-state index in [-0.39, 0.29) is 0 Å². The van der Waals surface area contributed by atoms with Gasteiger partial charge in [-0.05, 0) is 75.2 Å². The lowest BCUT2D eigenvalue weighted by molar-refractivity contribution is 0.266. The Labute approximate surface area is 185 Å². The molecular formula is C24H24N2O2S2. The van der Waals surface area contributed by atoms with E-state index in [1.165, 1.54) is 0 Å². The highest BCUT2D eigenvalue weighted by Crippen LogP contribution is 2.25. The molecule has 30 heavy (non-hydrogen) atoms. The molecule has 0 N–H and O–H groups in total. The van der Waals surface area contributed by atoms with Crippen molar-refractivity contribution in [1.29, 1.82) is 0 Å². The summed E-state index contributed by atoms with van der Waals surface area (Å²) < 4.78 is 11.7. The lowest BCUT2D eigenvalue weighted by Crippen LogP contribution is -2.02. The van der Waals surface area contributed by atoms with E-state index in [1.54, 1.807) is 22.7 Å². The summed E-state index contributed by atoms with van der Waals surface area (Å²) in [6.07, 6.45) is 1.90. The van der Waals surface area contributed by atoms with Crippen LogP contribution in [0.3, 0.4) is 0 Å². The SMILES string of the molecule is Cc1nc(-c2ccc(OCCCCOc3ccc(-c4csc(C)n4)cc3)cc2)cs1. The van der Waals surface area contributed by atoms with Crippen LogP contribution < -0.4 is 9.47 Å². The van der Waals surface area contributed by atoms with Gasteiger partial charge in [0.25, 0.3) is 0 Å². The topological polar surface area (TPSA) is 44.2 Å². The molecule has 4 aromatic rings. The maximum atomic E-state index is 5.84. The molecule has 0 aliphatic carbocycles. The van der Waals surface area contributed by atoms with Gasteiger partial charge >= 0.3 is 0 Å². The normalized spacial score (nSPS) is 10.9. The van der Waals surface area contributed by atoms with Gasteiger partial charge in [-0.1, -0.05) is 0 Å². The van der Waals surface area contributed by atoms with Crippen molar-refractivity contribution in [2.75, 3.05) is 13.2 Å². The molecule has 0 bridgehead atoms. The molecule has 0 amide bonds. The molecule has 0 saturated heterocycles. The van der Waals surface area contributed by atoms with Crippen molar-refractivity contribution in [3.63, 3.8) is 0 Å². The third-order valence-corrected chi connectivity index (χ3v) is 6.16. The van der Waals surface area contributed by atoms with Crippen LogP contribution in [0, 0.1) is 13.8 Å². The molecule has 4 nitrogen and oxygen atoms in total. The second-order valence-corrected chi connectivity index (χ2v) is 9.08. The molecular weight excluding hydrogens is 412 g/mol. The predicted molar refractivity (Wildman–Crippen MR) is 125 cm³/mol. The van der Waals surface area contributed by atoms with E-state index >= 15 is 0 Å². The van der Waals surface area contributed by atoms with Gasteiger partial charge in [-0.15, -0.1) is 22.7 Å². The molecule has 6 heteroatoms. The minimum absolute atomic E-state index is 0.681. The molecule has 2 heterocycles. The number of aryl methyl sites for hydroxylation is 2. The second-order valence-electron chi connectivity index (χ2n) is 6.96. The Balaban J connectivity index is 1.15. The maximum Gasteiger partial charge on any atom is 0.119 e. The van der Waals surface area contributed by atoms with Crippen LogP contribution in [0.25, 0.3) is 22.5 Å². The molecule has 0 saturated carbocycles. The Bertz CT molecular complexity index is 982. The van der Waals surface area contributed by atoms with Crippen molar-refractivity contribution in [3.05, 3.63) is 69.3 Å². The van der Waals surface area contributed by atoms with E-state index in [1.807, 2.05) is 38.1 Å². The zero-order chi connectivity index (χ0) is 20.8. The van der Waals surface area contributed by atoms with Crippen molar-refractivity contribution < 1.29 is 9.47 Å². The second kappa shape index (κ2) is 9.87. The van der Waals surface area contributed by atoms with Gasteiger partial charge < -0.3 is 9.47 Å². The van der Waals surface area contributed by atoms with E-state index < -0.39 is 0 Å². The summed E-state index contributed by atoms with van der Waals surface area (Å²) in [5.74, 6) is 1.78. The fraction of sp³-hybridized carbons (Fsp3) is 0.250. The number of hydrogen-bond acceptors (Lipinski definition) is 6. The van der Waals surface area contributed by atoms with Crippen molar-refractivity contribution in [2.24, 2.45) is 0 Å². The predicted octanol–water partition coefficient (Wildman–Crippen LogP) is 6.79. The van der Waals surface area contributed by atoms with Crippen LogP contribution in [-0.4, -0.2) is 23.2 Å². The molecule has 0 spiro atoms. The summed E-state index contributed by atoms with van der Waals surface area (Å²) in [5, 5.41) is 6.33. The number of rotatable bonds is 9. The van der Waals surface area contributed by atoms with Gasteiger partial charge in [-0.2, -0.15) is 0 Å². The number of hydrogen-bond donors (Lipinski definition) is 0. The summed E-state index contributed by atoms with van der Waals surface area (Å²) in [5.41, 5.74) is 4.29. The Kier molecular flexibility index (Phi) is 6.77. The summed E-state index contributed by atoms with van der Waals surface area (Å²) in [6, 6.07) is 16.3. The monoisotopic (exact) mass is 436 g/mol. The molecule has 4 rings (SSSR count). The van der Waals surface area contributed by atoms with E-state index in [2.05, 4.69) is 45.0 Å². The van der Waals surface area contributed by atoms with Crippen molar-refractivity contribution in [3.8, 4) is 34.0 Å². The minimum Gasteiger partial charge on any atom is -0.494 e. The number of benzene rings is 2. The molecule has 2 aromatic carbocycles. The third kappa shape index (κ3) is 5.46. The maximum absolute atomic E-state index is 5.84. The summed E-state index contributed by atoms with van der Waals surface area (Å²) in [6.45, 7) is 5.41. The molecule has 0 radical (unpaired) electrons. The highest BCUT2D eigenvalue weighted by Gasteiger charge is 2.04. The standard InChI is InChI=1S/C24H24N2O2S2/c1-17-25-23(15-29-17)19-5-9-21(10-6-19)27-13-3-4-14-28-22-11-7-20(8-12-22)24-16-30-18(2)26-24/h5-12,15-16H,3-4,13-14H2,1-2H3. The zero-order valence-electron chi connectivity index (χ0n) is 17.1. The number of nitrogens with zero attached hydrogens (tertiary/aromatic N) is 2. The molecule has 0 fully saturated rings. The average molecular weight is 437 g/mol. The summed E-state index contributed by atoms with van der Waals surface area (Å²) in [4.78, 5) is 9.03. The quantitative estimate of drug-likeness (QED) is 0.271. The molecule has 0 atom stereocenters.